The summed E-state index contributed by atoms with van der Waals surface area (Å²) < 4.78 is 0. The molecule has 3 heteroatoms. The van der Waals surface area contributed by atoms with Crippen molar-refractivity contribution in [3.8, 4) is 0 Å². The Morgan fingerprint density at radius 2 is 1.87 bits per heavy atom. The van der Waals surface area contributed by atoms with E-state index in [1.165, 1.54) is 11.3 Å². The monoisotopic (exact) mass is 243 g/mol. The topological polar surface area (TPSA) is 12.0 Å². The Bertz CT molecular complexity index is 286. The molecule has 0 aliphatic rings. The molecule has 15 heavy (non-hydrogen) atoms. The van der Waals surface area contributed by atoms with E-state index in [2.05, 4.69) is 31.3 Å². The lowest BCUT2D eigenvalue weighted by molar-refractivity contribution is 0.564. The summed E-state index contributed by atoms with van der Waals surface area (Å²) in [6.07, 6.45) is 1.17. The lowest BCUT2D eigenvalue weighted by Crippen LogP contribution is -2.24. The molecule has 1 aromatic rings. The summed E-state index contributed by atoms with van der Waals surface area (Å²) in [7, 11) is 2.00. The molecule has 0 spiro atoms. The van der Waals surface area contributed by atoms with Gasteiger partial charge in [-0.2, -0.15) is 0 Å². The summed E-state index contributed by atoms with van der Waals surface area (Å²) in [6.45, 7) is 4.46. The van der Waals surface area contributed by atoms with Gasteiger partial charge in [-0.25, -0.2) is 0 Å². The van der Waals surface area contributed by atoms with E-state index in [0.717, 1.165) is 5.02 Å². The van der Waals surface area contributed by atoms with Crippen LogP contribution in [0.5, 0.6) is 0 Å². The lowest BCUT2D eigenvalue weighted by atomic mass is 10.2. The molecule has 1 N–H and O–H groups in total. The van der Waals surface area contributed by atoms with Gasteiger partial charge in [-0.05, 0) is 44.7 Å². The summed E-state index contributed by atoms with van der Waals surface area (Å²) in [5, 5.41) is 4.68. The van der Waals surface area contributed by atoms with E-state index in [9.17, 15) is 0 Å². The van der Waals surface area contributed by atoms with Crippen molar-refractivity contribution >= 4 is 23.4 Å². The number of rotatable bonds is 5. The van der Waals surface area contributed by atoms with Crippen molar-refractivity contribution in [1.82, 2.24) is 5.32 Å². The number of nitrogens with one attached hydrogen (secondary N) is 1. The lowest BCUT2D eigenvalue weighted by Gasteiger charge is -2.16. The zero-order valence-electron chi connectivity index (χ0n) is 9.46. The molecule has 2 atom stereocenters. The maximum atomic E-state index is 5.84. The SMILES string of the molecule is CNC(C)CC(C)Sc1ccc(Cl)cc1. The van der Waals surface area contributed by atoms with Gasteiger partial charge >= 0.3 is 0 Å². The first kappa shape index (κ1) is 12.9. The number of benzene rings is 1. The second-order valence-corrected chi connectivity index (χ2v) is 5.76. The molecule has 1 rings (SSSR count). The van der Waals surface area contributed by atoms with Gasteiger partial charge in [0.2, 0.25) is 0 Å². The molecule has 0 radical (unpaired) electrons. The minimum Gasteiger partial charge on any atom is -0.317 e. The molecule has 84 valence electrons. The van der Waals surface area contributed by atoms with E-state index < -0.39 is 0 Å². The van der Waals surface area contributed by atoms with Crippen LogP contribution in [0.25, 0.3) is 0 Å². The molecular weight excluding hydrogens is 226 g/mol. The van der Waals surface area contributed by atoms with Gasteiger partial charge in [0.05, 0.1) is 0 Å². The quantitative estimate of drug-likeness (QED) is 0.790. The summed E-state index contributed by atoms with van der Waals surface area (Å²) in [6, 6.07) is 8.61. The van der Waals surface area contributed by atoms with E-state index in [4.69, 9.17) is 11.6 Å². The number of hydrogen-bond acceptors (Lipinski definition) is 2. The maximum absolute atomic E-state index is 5.84. The molecule has 0 heterocycles. The van der Waals surface area contributed by atoms with Gasteiger partial charge in [0.15, 0.2) is 0 Å². The smallest absolute Gasteiger partial charge is 0.0406 e. The van der Waals surface area contributed by atoms with Crippen LogP contribution in [0.3, 0.4) is 0 Å². The predicted molar refractivity (Wildman–Crippen MR) is 69.9 cm³/mol. The zero-order chi connectivity index (χ0) is 11.3. The maximum Gasteiger partial charge on any atom is 0.0406 e. The number of thioether (sulfide) groups is 1. The van der Waals surface area contributed by atoms with Gasteiger partial charge in [0.25, 0.3) is 0 Å². The summed E-state index contributed by atoms with van der Waals surface area (Å²) in [5.74, 6) is 0. The van der Waals surface area contributed by atoms with Crippen LogP contribution in [0.2, 0.25) is 5.02 Å². The Morgan fingerprint density at radius 3 is 2.40 bits per heavy atom. The van der Waals surface area contributed by atoms with Crippen molar-refractivity contribution in [2.75, 3.05) is 7.05 Å². The van der Waals surface area contributed by atoms with E-state index >= 15 is 0 Å². The van der Waals surface area contributed by atoms with Crippen LogP contribution in [0, 0.1) is 0 Å². The fourth-order valence-corrected chi connectivity index (χ4v) is 2.68. The highest BCUT2D eigenvalue weighted by atomic mass is 35.5. The highest BCUT2D eigenvalue weighted by Crippen LogP contribution is 2.26. The van der Waals surface area contributed by atoms with Gasteiger partial charge in [-0.1, -0.05) is 18.5 Å². The molecule has 0 aromatic heterocycles. The minimum atomic E-state index is 0.569. The van der Waals surface area contributed by atoms with Gasteiger partial charge in [0, 0.05) is 21.2 Å². The van der Waals surface area contributed by atoms with Crippen LogP contribution in [0.15, 0.2) is 29.2 Å². The fraction of sp³-hybridized carbons (Fsp3) is 0.500. The molecule has 1 aromatic carbocycles. The van der Waals surface area contributed by atoms with Crippen molar-refractivity contribution in [1.29, 1.82) is 0 Å². The van der Waals surface area contributed by atoms with Gasteiger partial charge in [-0.3, -0.25) is 0 Å². The number of halogens is 1. The highest BCUT2D eigenvalue weighted by molar-refractivity contribution is 7.99. The first-order valence-electron chi connectivity index (χ1n) is 5.21. The molecular formula is C12H18ClNS. The molecule has 0 saturated carbocycles. The third kappa shape index (κ3) is 4.92. The Morgan fingerprint density at radius 1 is 1.27 bits per heavy atom. The van der Waals surface area contributed by atoms with Crippen molar-refractivity contribution in [2.24, 2.45) is 0 Å². The van der Waals surface area contributed by atoms with Crippen molar-refractivity contribution in [2.45, 2.75) is 36.5 Å². The van der Waals surface area contributed by atoms with Crippen LogP contribution < -0.4 is 5.32 Å². The summed E-state index contributed by atoms with van der Waals surface area (Å²) in [5.41, 5.74) is 0. The predicted octanol–water partition coefficient (Wildman–Crippen LogP) is 3.82. The largest absolute Gasteiger partial charge is 0.317 e. The standard InChI is InChI=1S/C12H18ClNS/c1-9(14-3)8-10(2)15-12-6-4-11(13)5-7-12/h4-7,9-10,14H,8H2,1-3H3. The van der Waals surface area contributed by atoms with Crippen LogP contribution in [-0.2, 0) is 0 Å². The van der Waals surface area contributed by atoms with Gasteiger partial charge < -0.3 is 5.32 Å². The third-order valence-electron chi connectivity index (χ3n) is 2.33. The Hall–Kier alpha value is -0.180. The van der Waals surface area contributed by atoms with Crippen molar-refractivity contribution < 1.29 is 0 Å². The average molecular weight is 244 g/mol. The van der Waals surface area contributed by atoms with Crippen molar-refractivity contribution in [3.63, 3.8) is 0 Å². The van der Waals surface area contributed by atoms with E-state index in [1.54, 1.807) is 0 Å². The third-order valence-corrected chi connectivity index (χ3v) is 3.72. The Balaban J connectivity index is 2.44. The molecule has 0 bridgehead atoms. The second kappa shape index (κ2) is 6.41. The molecule has 0 aliphatic heterocycles. The van der Waals surface area contributed by atoms with E-state index in [1.807, 2.05) is 30.9 Å². The van der Waals surface area contributed by atoms with E-state index in [0.29, 0.717) is 11.3 Å². The Labute approximate surface area is 102 Å². The molecule has 0 fully saturated rings. The molecule has 0 amide bonds. The molecule has 2 unspecified atom stereocenters. The fourth-order valence-electron chi connectivity index (χ4n) is 1.41. The Kier molecular flexibility index (Phi) is 5.51. The first-order chi connectivity index (χ1) is 7.11. The summed E-state index contributed by atoms with van der Waals surface area (Å²) in [4.78, 5) is 1.29. The van der Waals surface area contributed by atoms with Crippen LogP contribution >= 0.6 is 23.4 Å². The minimum absolute atomic E-state index is 0.569. The molecule has 0 aliphatic carbocycles. The number of hydrogen-bond donors (Lipinski definition) is 1. The van der Waals surface area contributed by atoms with Crippen LogP contribution in [0.1, 0.15) is 20.3 Å². The molecule has 1 nitrogen and oxygen atoms in total. The van der Waals surface area contributed by atoms with Gasteiger partial charge in [0.1, 0.15) is 0 Å². The first-order valence-corrected chi connectivity index (χ1v) is 6.47. The normalized spacial score (nSPS) is 14.9. The zero-order valence-corrected chi connectivity index (χ0v) is 11.0. The van der Waals surface area contributed by atoms with Crippen molar-refractivity contribution in [3.05, 3.63) is 29.3 Å². The summed E-state index contributed by atoms with van der Waals surface area (Å²) >= 11 is 7.73. The van der Waals surface area contributed by atoms with Crippen LogP contribution in [-0.4, -0.2) is 18.3 Å². The molecule has 0 saturated heterocycles. The highest BCUT2D eigenvalue weighted by Gasteiger charge is 2.08. The van der Waals surface area contributed by atoms with Gasteiger partial charge in [-0.15, -0.1) is 11.8 Å². The average Bonchev–Trinajstić information content (AvgIpc) is 2.21. The van der Waals surface area contributed by atoms with E-state index in [-0.39, 0.29) is 0 Å². The second-order valence-electron chi connectivity index (χ2n) is 3.81. The van der Waals surface area contributed by atoms with Crippen LogP contribution in [0.4, 0.5) is 0 Å².